The SMILES string of the molecule is COC(=O)C1OC(c2ccccc2O)OC1C(=O)OC. The molecule has 2 atom stereocenters. The third-order valence-corrected chi connectivity index (χ3v) is 2.87. The molecular formula is C13H14O7. The summed E-state index contributed by atoms with van der Waals surface area (Å²) < 4.78 is 19.8. The Bertz CT molecular complexity index is 489. The third-order valence-electron chi connectivity index (χ3n) is 2.87. The van der Waals surface area contributed by atoms with E-state index >= 15 is 0 Å². The Balaban J connectivity index is 2.26. The fraction of sp³-hybridized carbons (Fsp3) is 0.385. The minimum atomic E-state index is -1.24. The summed E-state index contributed by atoms with van der Waals surface area (Å²) >= 11 is 0. The average molecular weight is 282 g/mol. The van der Waals surface area contributed by atoms with E-state index in [2.05, 4.69) is 9.47 Å². The predicted molar refractivity (Wildman–Crippen MR) is 64.6 cm³/mol. The number of methoxy groups -OCH3 is 2. The highest BCUT2D eigenvalue weighted by Gasteiger charge is 2.47. The van der Waals surface area contributed by atoms with E-state index in [0.717, 1.165) is 0 Å². The molecule has 108 valence electrons. The van der Waals surface area contributed by atoms with Gasteiger partial charge in [-0.2, -0.15) is 0 Å². The standard InChI is InChI=1S/C13H14O7/c1-17-11(15)9-10(12(16)18-2)20-13(19-9)7-5-3-4-6-8(7)14/h3-6,9-10,13-14H,1-2H3. The van der Waals surface area contributed by atoms with Gasteiger partial charge in [0.1, 0.15) is 5.75 Å². The second kappa shape index (κ2) is 5.89. The van der Waals surface area contributed by atoms with E-state index in [1.807, 2.05) is 0 Å². The predicted octanol–water partition coefficient (Wildman–Crippen LogP) is 0.521. The van der Waals surface area contributed by atoms with Gasteiger partial charge in [0.2, 0.25) is 0 Å². The van der Waals surface area contributed by atoms with Crippen LogP contribution in [0.5, 0.6) is 5.75 Å². The number of benzene rings is 1. The van der Waals surface area contributed by atoms with Gasteiger partial charge in [-0.3, -0.25) is 0 Å². The Hall–Kier alpha value is -2.12. The highest BCUT2D eigenvalue weighted by molar-refractivity contribution is 5.86. The van der Waals surface area contributed by atoms with Crippen molar-refractivity contribution in [3.8, 4) is 5.75 Å². The van der Waals surface area contributed by atoms with Crippen molar-refractivity contribution in [3.63, 3.8) is 0 Å². The van der Waals surface area contributed by atoms with Crippen LogP contribution in [0.2, 0.25) is 0 Å². The van der Waals surface area contributed by atoms with Gasteiger partial charge in [0, 0.05) is 5.56 Å². The van der Waals surface area contributed by atoms with Crippen LogP contribution in [-0.2, 0) is 28.5 Å². The molecular weight excluding hydrogens is 268 g/mol. The van der Waals surface area contributed by atoms with Gasteiger partial charge in [0.05, 0.1) is 14.2 Å². The molecule has 0 bridgehead atoms. The summed E-state index contributed by atoms with van der Waals surface area (Å²) in [6.07, 6.45) is -3.53. The fourth-order valence-electron chi connectivity index (χ4n) is 1.87. The topological polar surface area (TPSA) is 91.3 Å². The number of ether oxygens (including phenoxy) is 4. The monoisotopic (exact) mass is 282 g/mol. The molecule has 1 saturated heterocycles. The van der Waals surface area contributed by atoms with E-state index < -0.39 is 30.4 Å². The van der Waals surface area contributed by atoms with Gasteiger partial charge in [-0.25, -0.2) is 9.59 Å². The van der Waals surface area contributed by atoms with Crippen molar-refractivity contribution in [2.24, 2.45) is 0 Å². The summed E-state index contributed by atoms with van der Waals surface area (Å²) in [7, 11) is 2.35. The molecule has 1 heterocycles. The van der Waals surface area contributed by atoms with Crippen LogP contribution in [0.3, 0.4) is 0 Å². The first kappa shape index (κ1) is 14.3. The molecule has 1 N–H and O–H groups in total. The summed E-state index contributed by atoms with van der Waals surface area (Å²) in [5, 5.41) is 9.74. The van der Waals surface area contributed by atoms with Crippen LogP contribution in [0.1, 0.15) is 11.9 Å². The van der Waals surface area contributed by atoms with Crippen molar-refractivity contribution >= 4 is 11.9 Å². The van der Waals surface area contributed by atoms with Crippen molar-refractivity contribution in [1.82, 2.24) is 0 Å². The fourth-order valence-corrected chi connectivity index (χ4v) is 1.87. The van der Waals surface area contributed by atoms with Crippen LogP contribution in [0.4, 0.5) is 0 Å². The molecule has 0 radical (unpaired) electrons. The molecule has 1 fully saturated rings. The molecule has 7 nitrogen and oxygen atoms in total. The molecule has 1 aromatic rings. The number of carbonyl (C=O) groups excluding carboxylic acids is 2. The first-order valence-corrected chi connectivity index (χ1v) is 5.83. The largest absolute Gasteiger partial charge is 0.507 e. The Labute approximate surface area is 115 Å². The third kappa shape index (κ3) is 2.59. The Morgan fingerprint density at radius 2 is 1.55 bits per heavy atom. The molecule has 1 aromatic carbocycles. The molecule has 1 aliphatic heterocycles. The molecule has 0 spiro atoms. The van der Waals surface area contributed by atoms with Crippen LogP contribution >= 0.6 is 0 Å². The van der Waals surface area contributed by atoms with E-state index in [1.54, 1.807) is 18.2 Å². The lowest BCUT2D eigenvalue weighted by Crippen LogP contribution is -2.38. The molecule has 2 rings (SSSR count). The number of hydrogen-bond donors (Lipinski definition) is 1. The molecule has 0 aromatic heterocycles. The van der Waals surface area contributed by atoms with Crippen molar-refractivity contribution in [2.45, 2.75) is 18.5 Å². The Kier molecular flexibility index (Phi) is 4.21. The van der Waals surface area contributed by atoms with Crippen molar-refractivity contribution < 1.29 is 33.6 Å². The zero-order chi connectivity index (χ0) is 14.7. The van der Waals surface area contributed by atoms with Gasteiger partial charge in [0.15, 0.2) is 18.5 Å². The van der Waals surface area contributed by atoms with E-state index in [4.69, 9.17) is 9.47 Å². The van der Waals surface area contributed by atoms with Crippen molar-refractivity contribution in [3.05, 3.63) is 29.8 Å². The number of phenolic OH excluding ortho intramolecular Hbond substituents is 1. The van der Waals surface area contributed by atoms with Crippen LogP contribution in [0.15, 0.2) is 24.3 Å². The van der Waals surface area contributed by atoms with E-state index in [1.165, 1.54) is 20.3 Å². The summed E-state index contributed by atoms with van der Waals surface area (Å²) in [6, 6.07) is 6.30. The van der Waals surface area contributed by atoms with E-state index in [9.17, 15) is 14.7 Å². The van der Waals surface area contributed by atoms with Gasteiger partial charge < -0.3 is 24.1 Å². The Morgan fingerprint density at radius 1 is 1.05 bits per heavy atom. The number of aromatic hydroxyl groups is 1. The Morgan fingerprint density at radius 3 is 2.00 bits per heavy atom. The van der Waals surface area contributed by atoms with Crippen LogP contribution in [0, 0.1) is 0 Å². The first-order chi connectivity index (χ1) is 9.58. The number of esters is 2. The maximum Gasteiger partial charge on any atom is 0.338 e. The highest BCUT2D eigenvalue weighted by Crippen LogP contribution is 2.36. The maximum absolute atomic E-state index is 11.6. The van der Waals surface area contributed by atoms with Crippen molar-refractivity contribution in [1.29, 1.82) is 0 Å². The zero-order valence-electron chi connectivity index (χ0n) is 10.9. The minimum absolute atomic E-state index is 0.0633. The molecule has 7 heteroatoms. The lowest BCUT2D eigenvalue weighted by Gasteiger charge is -2.11. The van der Waals surface area contributed by atoms with Crippen molar-refractivity contribution in [2.75, 3.05) is 14.2 Å². The van der Waals surface area contributed by atoms with Crippen LogP contribution < -0.4 is 0 Å². The molecule has 2 unspecified atom stereocenters. The molecule has 0 saturated carbocycles. The molecule has 1 aliphatic rings. The number of para-hydroxylation sites is 1. The summed E-state index contributed by atoms with van der Waals surface area (Å²) in [5.74, 6) is -1.57. The van der Waals surface area contributed by atoms with Gasteiger partial charge in [-0.15, -0.1) is 0 Å². The average Bonchev–Trinajstić information content (AvgIpc) is 2.91. The first-order valence-electron chi connectivity index (χ1n) is 5.83. The molecule has 0 amide bonds. The second-order valence-electron chi connectivity index (χ2n) is 4.05. The van der Waals surface area contributed by atoms with Crippen LogP contribution in [0.25, 0.3) is 0 Å². The number of hydrogen-bond acceptors (Lipinski definition) is 7. The number of carbonyl (C=O) groups is 2. The summed E-state index contributed by atoms with van der Waals surface area (Å²) in [6.45, 7) is 0. The number of rotatable bonds is 3. The molecule has 0 aliphatic carbocycles. The summed E-state index contributed by atoms with van der Waals surface area (Å²) in [4.78, 5) is 23.2. The maximum atomic E-state index is 11.6. The highest BCUT2D eigenvalue weighted by atomic mass is 16.8. The molecule has 20 heavy (non-hydrogen) atoms. The van der Waals surface area contributed by atoms with Gasteiger partial charge in [-0.05, 0) is 6.07 Å². The van der Waals surface area contributed by atoms with Crippen LogP contribution in [-0.4, -0.2) is 43.5 Å². The second-order valence-corrected chi connectivity index (χ2v) is 4.05. The quantitative estimate of drug-likeness (QED) is 0.808. The summed E-state index contributed by atoms with van der Waals surface area (Å²) in [5.41, 5.74) is 0.313. The smallest absolute Gasteiger partial charge is 0.338 e. The van der Waals surface area contributed by atoms with Gasteiger partial charge in [0.25, 0.3) is 0 Å². The minimum Gasteiger partial charge on any atom is -0.507 e. The van der Waals surface area contributed by atoms with Gasteiger partial charge >= 0.3 is 11.9 Å². The number of phenols is 1. The lowest BCUT2D eigenvalue weighted by molar-refractivity contribution is -0.160. The van der Waals surface area contributed by atoms with E-state index in [0.29, 0.717) is 5.56 Å². The van der Waals surface area contributed by atoms with Gasteiger partial charge in [-0.1, -0.05) is 18.2 Å². The lowest BCUT2D eigenvalue weighted by atomic mass is 10.2. The normalized spacial score (nSPS) is 25.2. The van der Waals surface area contributed by atoms with E-state index in [-0.39, 0.29) is 5.75 Å². The zero-order valence-corrected chi connectivity index (χ0v) is 10.9.